The second kappa shape index (κ2) is 7.72. The third-order valence-corrected chi connectivity index (χ3v) is 4.75. The van der Waals surface area contributed by atoms with E-state index in [2.05, 4.69) is 4.98 Å². The first-order valence-electron chi connectivity index (χ1n) is 8.69. The Labute approximate surface area is 156 Å². The van der Waals surface area contributed by atoms with Gasteiger partial charge >= 0.3 is 0 Å². The van der Waals surface area contributed by atoms with Gasteiger partial charge in [0.2, 0.25) is 0 Å². The molecule has 0 aliphatic heterocycles. The Morgan fingerprint density at radius 1 is 1.19 bits per heavy atom. The number of nitrogens with zero attached hydrogens (tertiary/aromatic N) is 1. The highest BCUT2D eigenvalue weighted by atomic mass is 19.1. The highest BCUT2D eigenvalue weighted by Crippen LogP contribution is 2.20. The quantitative estimate of drug-likeness (QED) is 0.727. The number of aryl methyl sites for hydroxylation is 2. The maximum Gasteiger partial charge on any atom is 0.257 e. The molecule has 0 radical (unpaired) electrons. The average molecular weight is 368 g/mol. The summed E-state index contributed by atoms with van der Waals surface area (Å²) in [6, 6.07) is 11.3. The van der Waals surface area contributed by atoms with Crippen LogP contribution in [0.1, 0.15) is 27.0 Å². The van der Waals surface area contributed by atoms with Crippen molar-refractivity contribution in [1.29, 1.82) is 0 Å². The molecule has 0 spiro atoms. The second-order valence-electron chi connectivity index (χ2n) is 6.53. The average Bonchev–Trinajstić information content (AvgIpc) is 2.65. The van der Waals surface area contributed by atoms with Crippen molar-refractivity contribution in [2.24, 2.45) is 0 Å². The highest BCUT2D eigenvalue weighted by Gasteiger charge is 2.20. The summed E-state index contributed by atoms with van der Waals surface area (Å²) in [5.41, 5.74) is 2.81. The zero-order chi connectivity index (χ0) is 19.6. The van der Waals surface area contributed by atoms with E-state index in [4.69, 9.17) is 0 Å². The lowest BCUT2D eigenvalue weighted by Gasteiger charge is -2.22. The third-order valence-electron chi connectivity index (χ3n) is 4.75. The van der Waals surface area contributed by atoms with Gasteiger partial charge in [-0.2, -0.15) is 0 Å². The van der Waals surface area contributed by atoms with E-state index in [0.29, 0.717) is 5.56 Å². The molecule has 0 saturated heterocycles. The van der Waals surface area contributed by atoms with Gasteiger partial charge in [0.05, 0.1) is 24.2 Å². The monoisotopic (exact) mass is 368 g/mol. The molecule has 0 atom stereocenters. The maximum atomic E-state index is 14.0. The van der Waals surface area contributed by atoms with Crippen molar-refractivity contribution < 1.29 is 14.3 Å². The van der Waals surface area contributed by atoms with E-state index in [1.54, 1.807) is 12.1 Å². The van der Waals surface area contributed by atoms with Crippen LogP contribution in [0, 0.1) is 19.7 Å². The van der Waals surface area contributed by atoms with Gasteiger partial charge in [0.15, 0.2) is 0 Å². The first kappa shape index (κ1) is 18.8. The summed E-state index contributed by atoms with van der Waals surface area (Å²) in [5.74, 6) is -1.20. The van der Waals surface area contributed by atoms with Crippen LogP contribution in [0.25, 0.3) is 10.9 Å². The number of rotatable bonds is 5. The first-order valence-corrected chi connectivity index (χ1v) is 8.69. The molecule has 1 aromatic heterocycles. The highest BCUT2D eigenvalue weighted by molar-refractivity contribution is 5.94. The zero-order valence-electron chi connectivity index (χ0n) is 15.3. The van der Waals surface area contributed by atoms with Crippen molar-refractivity contribution in [3.8, 4) is 0 Å². The normalized spacial score (nSPS) is 11.0. The number of amides is 1. The van der Waals surface area contributed by atoms with Crippen LogP contribution in [0.15, 0.2) is 47.3 Å². The molecule has 0 fully saturated rings. The molecule has 2 aromatic carbocycles. The second-order valence-corrected chi connectivity index (χ2v) is 6.53. The Kier molecular flexibility index (Phi) is 5.37. The molecule has 1 heterocycles. The summed E-state index contributed by atoms with van der Waals surface area (Å²) >= 11 is 0. The number of aromatic nitrogens is 1. The number of nitrogens with one attached hydrogen (secondary N) is 1. The summed E-state index contributed by atoms with van der Waals surface area (Å²) in [4.78, 5) is 29.4. The SMILES string of the molecule is Cc1ccc2cc(CN(CCO)C(=O)c3ccccc3F)c(=O)[nH]c2c1C. The fourth-order valence-corrected chi connectivity index (χ4v) is 3.07. The molecule has 0 aliphatic rings. The van der Waals surface area contributed by atoms with E-state index >= 15 is 0 Å². The summed E-state index contributed by atoms with van der Waals surface area (Å²) in [7, 11) is 0. The summed E-state index contributed by atoms with van der Waals surface area (Å²) in [6.07, 6.45) is 0. The third kappa shape index (κ3) is 3.75. The van der Waals surface area contributed by atoms with E-state index in [9.17, 15) is 19.1 Å². The van der Waals surface area contributed by atoms with E-state index in [1.807, 2.05) is 26.0 Å². The number of H-pyrrole nitrogens is 1. The van der Waals surface area contributed by atoms with Crippen LogP contribution < -0.4 is 5.56 Å². The van der Waals surface area contributed by atoms with Gasteiger partial charge in [-0.25, -0.2) is 4.39 Å². The number of aliphatic hydroxyl groups excluding tert-OH is 1. The van der Waals surface area contributed by atoms with Crippen LogP contribution in [0.4, 0.5) is 4.39 Å². The zero-order valence-corrected chi connectivity index (χ0v) is 15.3. The number of aliphatic hydroxyl groups is 1. The van der Waals surface area contributed by atoms with Crippen molar-refractivity contribution in [3.63, 3.8) is 0 Å². The smallest absolute Gasteiger partial charge is 0.257 e. The van der Waals surface area contributed by atoms with Crippen molar-refractivity contribution in [1.82, 2.24) is 9.88 Å². The molecule has 0 saturated carbocycles. The summed E-state index contributed by atoms with van der Waals surface area (Å²) in [5, 5.41) is 10.2. The van der Waals surface area contributed by atoms with Gasteiger partial charge < -0.3 is 15.0 Å². The Balaban J connectivity index is 1.99. The maximum absolute atomic E-state index is 14.0. The minimum absolute atomic E-state index is 0.00241. The standard InChI is InChI=1S/C21H21FN2O3/c1-13-7-8-15-11-16(20(26)23-19(15)14(13)2)12-24(9-10-25)21(27)17-5-3-4-6-18(17)22/h3-8,11,25H,9-10,12H2,1-2H3,(H,23,26). The molecule has 27 heavy (non-hydrogen) atoms. The minimum Gasteiger partial charge on any atom is -0.395 e. The molecule has 3 aromatic rings. The van der Waals surface area contributed by atoms with Gasteiger partial charge in [-0.3, -0.25) is 9.59 Å². The largest absolute Gasteiger partial charge is 0.395 e. The predicted octanol–water partition coefficient (Wildman–Crippen LogP) is 2.92. The van der Waals surface area contributed by atoms with Crippen LogP contribution >= 0.6 is 0 Å². The summed E-state index contributed by atoms with van der Waals surface area (Å²) < 4.78 is 14.0. The van der Waals surface area contributed by atoms with Crippen LogP contribution in [0.2, 0.25) is 0 Å². The number of carbonyl (C=O) groups excluding carboxylic acids is 1. The van der Waals surface area contributed by atoms with Crippen molar-refractivity contribution >= 4 is 16.8 Å². The number of carbonyl (C=O) groups is 1. The minimum atomic E-state index is -0.635. The molecule has 6 heteroatoms. The van der Waals surface area contributed by atoms with Crippen LogP contribution in [0.3, 0.4) is 0 Å². The molecule has 5 nitrogen and oxygen atoms in total. The lowest BCUT2D eigenvalue weighted by atomic mass is 10.0. The summed E-state index contributed by atoms with van der Waals surface area (Å²) in [6.45, 7) is 3.59. The molecular formula is C21H21FN2O3. The molecule has 140 valence electrons. The lowest BCUT2D eigenvalue weighted by Crippen LogP contribution is -2.35. The van der Waals surface area contributed by atoms with Crippen LogP contribution in [0.5, 0.6) is 0 Å². The predicted molar refractivity (Wildman–Crippen MR) is 102 cm³/mol. The molecule has 0 aliphatic carbocycles. The van der Waals surface area contributed by atoms with Crippen LogP contribution in [-0.2, 0) is 6.54 Å². The molecule has 1 amide bonds. The fourth-order valence-electron chi connectivity index (χ4n) is 3.07. The molecule has 0 bridgehead atoms. The van der Waals surface area contributed by atoms with Crippen molar-refractivity contribution in [2.45, 2.75) is 20.4 Å². The van der Waals surface area contributed by atoms with Gasteiger partial charge in [0.1, 0.15) is 5.82 Å². The van der Waals surface area contributed by atoms with E-state index in [1.165, 1.54) is 23.1 Å². The fraction of sp³-hybridized carbons (Fsp3) is 0.238. The molecule has 0 unspecified atom stereocenters. The van der Waals surface area contributed by atoms with Gasteiger partial charge in [0, 0.05) is 12.1 Å². The van der Waals surface area contributed by atoms with Gasteiger partial charge in [-0.15, -0.1) is 0 Å². The van der Waals surface area contributed by atoms with Crippen molar-refractivity contribution in [3.05, 3.63) is 80.9 Å². The van der Waals surface area contributed by atoms with Gasteiger partial charge in [-0.05, 0) is 48.6 Å². The number of fused-ring (bicyclic) bond motifs is 1. The first-order chi connectivity index (χ1) is 12.9. The van der Waals surface area contributed by atoms with Crippen LogP contribution in [-0.4, -0.2) is 34.0 Å². The molecule has 3 rings (SSSR count). The Hall–Kier alpha value is -2.99. The van der Waals surface area contributed by atoms with E-state index < -0.39 is 11.7 Å². The Bertz CT molecular complexity index is 1060. The topological polar surface area (TPSA) is 73.4 Å². The Morgan fingerprint density at radius 2 is 1.93 bits per heavy atom. The number of hydrogen-bond acceptors (Lipinski definition) is 3. The number of benzene rings is 2. The van der Waals surface area contributed by atoms with Gasteiger partial charge in [-0.1, -0.05) is 24.3 Å². The lowest BCUT2D eigenvalue weighted by molar-refractivity contribution is 0.0702. The molecule has 2 N–H and O–H groups in total. The van der Waals surface area contributed by atoms with E-state index in [0.717, 1.165) is 22.0 Å². The number of halogens is 1. The number of aromatic amines is 1. The number of hydrogen-bond donors (Lipinski definition) is 2. The molecular weight excluding hydrogens is 347 g/mol. The number of pyridine rings is 1. The Morgan fingerprint density at radius 3 is 2.63 bits per heavy atom. The van der Waals surface area contributed by atoms with Gasteiger partial charge in [0.25, 0.3) is 11.5 Å². The van der Waals surface area contributed by atoms with E-state index in [-0.39, 0.29) is 30.8 Å². The van der Waals surface area contributed by atoms with Crippen molar-refractivity contribution in [2.75, 3.05) is 13.2 Å².